The van der Waals surface area contributed by atoms with Crippen LogP contribution in [0.5, 0.6) is 0 Å². The SMILES string of the molecule is O=[PH]1OCO1.[Zn]. The molecular formula is CH3O3PZn. The van der Waals surface area contributed by atoms with Gasteiger partial charge in [0.2, 0.25) is 0 Å². The maximum Gasteiger partial charge on any atom is 0.323 e. The summed E-state index contributed by atoms with van der Waals surface area (Å²) in [7, 11) is -1.94. The first-order valence-corrected chi connectivity index (χ1v) is 2.41. The molecular weight excluding hydrogens is 156 g/mol. The van der Waals surface area contributed by atoms with Crippen molar-refractivity contribution in [1.29, 1.82) is 0 Å². The molecule has 0 N–H and O–H groups in total. The molecule has 3 nitrogen and oxygen atoms in total. The van der Waals surface area contributed by atoms with Crippen molar-refractivity contribution in [3.05, 3.63) is 0 Å². The molecule has 0 bridgehead atoms. The first-order chi connectivity index (χ1) is 2.39. The maximum atomic E-state index is 9.64. The summed E-state index contributed by atoms with van der Waals surface area (Å²) in [4.78, 5) is 0. The molecule has 6 heavy (non-hydrogen) atoms. The van der Waals surface area contributed by atoms with Gasteiger partial charge in [0.05, 0.1) is 0 Å². The van der Waals surface area contributed by atoms with Crippen molar-refractivity contribution in [3.8, 4) is 0 Å². The average molecular weight is 159 g/mol. The zero-order valence-electron chi connectivity index (χ0n) is 3.14. The molecule has 1 saturated heterocycles. The molecule has 1 heterocycles. The monoisotopic (exact) mass is 158 g/mol. The van der Waals surface area contributed by atoms with E-state index in [4.69, 9.17) is 0 Å². The second-order valence-corrected chi connectivity index (χ2v) is 1.73. The Morgan fingerprint density at radius 3 is 1.83 bits per heavy atom. The minimum atomic E-state index is -1.94. The van der Waals surface area contributed by atoms with Crippen molar-refractivity contribution in [2.24, 2.45) is 0 Å². The van der Waals surface area contributed by atoms with E-state index in [-0.39, 0.29) is 26.3 Å². The van der Waals surface area contributed by atoms with Crippen LogP contribution in [0.4, 0.5) is 0 Å². The van der Waals surface area contributed by atoms with E-state index < -0.39 is 8.25 Å². The van der Waals surface area contributed by atoms with Crippen LogP contribution in [0.1, 0.15) is 0 Å². The molecule has 0 aromatic carbocycles. The van der Waals surface area contributed by atoms with Gasteiger partial charge in [-0.3, -0.25) is 13.6 Å². The largest absolute Gasteiger partial charge is 0.323 e. The van der Waals surface area contributed by atoms with E-state index in [1.807, 2.05) is 0 Å². The standard InChI is InChI=1S/CH3O3P.Zn/c2-5-3-1-4-5;/h5H,1H2;. The summed E-state index contributed by atoms with van der Waals surface area (Å²) in [6.07, 6.45) is 0. The zero-order valence-corrected chi connectivity index (χ0v) is 7.11. The molecule has 0 amide bonds. The minimum absolute atomic E-state index is 0. The van der Waals surface area contributed by atoms with Gasteiger partial charge in [-0.2, -0.15) is 0 Å². The predicted octanol–water partition coefficient (Wildman–Crippen LogP) is 0.378. The molecule has 0 radical (unpaired) electrons. The number of rotatable bonds is 0. The fourth-order valence-electron chi connectivity index (χ4n) is 0.107. The van der Waals surface area contributed by atoms with Gasteiger partial charge >= 0.3 is 8.25 Å². The summed E-state index contributed by atoms with van der Waals surface area (Å²) in [5, 5.41) is 0. The van der Waals surface area contributed by atoms with Crippen LogP contribution in [0.25, 0.3) is 0 Å². The van der Waals surface area contributed by atoms with Crippen molar-refractivity contribution in [3.63, 3.8) is 0 Å². The number of hydrogen-bond acceptors (Lipinski definition) is 3. The summed E-state index contributed by atoms with van der Waals surface area (Å²) >= 11 is 0. The van der Waals surface area contributed by atoms with E-state index in [9.17, 15) is 4.57 Å². The van der Waals surface area contributed by atoms with Gasteiger partial charge in [-0.05, 0) is 0 Å². The van der Waals surface area contributed by atoms with Crippen LogP contribution in [-0.2, 0) is 33.1 Å². The molecule has 0 atom stereocenters. The first kappa shape index (κ1) is 6.77. The van der Waals surface area contributed by atoms with Gasteiger partial charge < -0.3 is 0 Å². The van der Waals surface area contributed by atoms with Gasteiger partial charge in [-0.1, -0.05) is 0 Å². The third-order valence-corrected chi connectivity index (χ3v) is 1.06. The molecule has 0 spiro atoms. The molecule has 0 aromatic rings. The van der Waals surface area contributed by atoms with E-state index >= 15 is 0 Å². The molecule has 1 fully saturated rings. The molecule has 0 aliphatic carbocycles. The number of hydrogen-bond donors (Lipinski definition) is 0. The van der Waals surface area contributed by atoms with E-state index in [0.717, 1.165) is 0 Å². The molecule has 1 aliphatic rings. The van der Waals surface area contributed by atoms with E-state index in [0.29, 0.717) is 0 Å². The van der Waals surface area contributed by atoms with Crippen molar-refractivity contribution < 1.29 is 33.1 Å². The van der Waals surface area contributed by atoms with Crippen molar-refractivity contribution in [1.82, 2.24) is 0 Å². The Balaban J connectivity index is 0.000000250. The third kappa shape index (κ3) is 1.48. The van der Waals surface area contributed by atoms with Crippen LogP contribution in [-0.4, -0.2) is 6.79 Å². The van der Waals surface area contributed by atoms with Crippen LogP contribution >= 0.6 is 8.25 Å². The van der Waals surface area contributed by atoms with Gasteiger partial charge in [0, 0.05) is 19.5 Å². The fraction of sp³-hybridized carbons (Fsp3) is 1.00. The minimum Gasteiger partial charge on any atom is -0.283 e. The molecule has 32 valence electrons. The van der Waals surface area contributed by atoms with Crippen molar-refractivity contribution in [2.45, 2.75) is 0 Å². The van der Waals surface area contributed by atoms with Gasteiger partial charge in [-0.25, -0.2) is 0 Å². The summed E-state index contributed by atoms with van der Waals surface area (Å²) in [6.45, 7) is 0.220. The van der Waals surface area contributed by atoms with Gasteiger partial charge in [0.1, 0.15) is 0 Å². The normalized spacial score (nSPS) is 21.3. The summed E-state index contributed by atoms with van der Waals surface area (Å²) in [5.41, 5.74) is 0. The van der Waals surface area contributed by atoms with Crippen molar-refractivity contribution >= 4 is 8.25 Å². The first-order valence-electron chi connectivity index (χ1n) is 1.19. The van der Waals surface area contributed by atoms with Gasteiger partial charge in [0.15, 0.2) is 6.79 Å². The van der Waals surface area contributed by atoms with Crippen LogP contribution in [0.2, 0.25) is 0 Å². The molecule has 0 saturated carbocycles. The Bertz CT molecular complexity index is 57.8. The summed E-state index contributed by atoms with van der Waals surface area (Å²) in [6, 6.07) is 0. The molecule has 5 heteroatoms. The van der Waals surface area contributed by atoms with Crippen LogP contribution < -0.4 is 0 Å². The van der Waals surface area contributed by atoms with Crippen molar-refractivity contribution in [2.75, 3.05) is 6.79 Å². The molecule has 1 aliphatic heterocycles. The van der Waals surface area contributed by atoms with Crippen LogP contribution in [0.3, 0.4) is 0 Å². The maximum absolute atomic E-state index is 9.64. The Morgan fingerprint density at radius 1 is 1.50 bits per heavy atom. The molecule has 0 unspecified atom stereocenters. The second kappa shape index (κ2) is 2.87. The van der Waals surface area contributed by atoms with E-state index in [2.05, 4.69) is 9.05 Å². The Kier molecular flexibility index (Phi) is 3.24. The molecule has 0 aromatic heterocycles. The van der Waals surface area contributed by atoms with E-state index in [1.54, 1.807) is 0 Å². The zero-order chi connectivity index (χ0) is 3.70. The summed E-state index contributed by atoms with van der Waals surface area (Å²) < 4.78 is 18.1. The second-order valence-electron chi connectivity index (χ2n) is 0.657. The molecule has 1 rings (SSSR count). The Labute approximate surface area is 48.7 Å². The Morgan fingerprint density at radius 2 is 1.83 bits per heavy atom. The topological polar surface area (TPSA) is 35.5 Å². The quantitative estimate of drug-likeness (QED) is 0.379. The summed E-state index contributed by atoms with van der Waals surface area (Å²) in [5.74, 6) is 0. The third-order valence-electron chi connectivity index (χ3n) is 0.354. The van der Waals surface area contributed by atoms with Crippen LogP contribution in [0, 0.1) is 0 Å². The Hall–Kier alpha value is 0.773. The predicted molar refractivity (Wildman–Crippen MR) is 16.0 cm³/mol. The fourth-order valence-corrected chi connectivity index (χ4v) is 0.321. The van der Waals surface area contributed by atoms with Crippen LogP contribution in [0.15, 0.2) is 0 Å². The average Bonchev–Trinajstić information content (AvgIpc) is 1.30. The van der Waals surface area contributed by atoms with Gasteiger partial charge in [-0.15, -0.1) is 0 Å². The van der Waals surface area contributed by atoms with Gasteiger partial charge in [0.25, 0.3) is 0 Å². The van der Waals surface area contributed by atoms with E-state index in [1.165, 1.54) is 0 Å². The smallest absolute Gasteiger partial charge is 0.283 e.